The zero-order valence-corrected chi connectivity index (χ0v) is 12.1. The van der Waals surface area contributed by atoms with Gasteiger partial charge in [0.2, 0.25) is 5.91 Å². The van der Waals surface area contributed by atoms with E-state index >= 15 is 0 Å². The van der Waals surface area contributed by atoms with E-state index in [9.17, 15) is 9.59 Å². The lowest BCUT2D eigenvalue weighted by molar-refractivity contribution is -0.116. The molecule has 1 aromatic carbocycles. The Hall–Kier alpha value is -2.95. The van der Waals surface area contributed by atoms with Gasteiger partial charge in [0.25, 0.3) is 5.56 Å². The summed E-state index contributed by atoms with van der Waals surface area (Å²) in [6, 6.07) is 14.5. The number of pyridine rings is 2. The number of carbonyl (C=O) groups excluding carboxylic acids is 1. The minimum absolute atomic E-state index is 0.0424. The third kappa shape index (κ3) is 2.88. The summed E-state index contributed by atoms with van der Waals surface area (Å²) >= 11 is 0. The van der Waals surface area contributed by atoms with Crippen LogP contribution in [0.3, 0.4) is 0 Å². The van der Waals surface area contributed by atoms with Gasteiger partial charge in [-0.3, -0.25) is 9.59 Å². The fraction of sp³-hybridized carbons (Fsp3) is 0.118. The van der Waals surface area contributed by atoms with Gasteiger partial charge in [0.1, 0.15) is 12.4 Å². The van der Waals surface area contributed by atoms with Crippen molar-refractivity contribution in [2.75, 3.05) is 5.32 Å². The van der Waals surface area contributed by atoms with Gasteiger partial charge in [-0.2, -0.15) is 0 Å². The number of nitrogens with zero attached hydrogens (tertiary/aromatic N) is 2. The van der Waals surface area contributed by atoms with E-state index < -0.39 is 0 Å². The summed E-state index contributed by atoms with van der Waals surface area (Å²) in [5.41, 5.74) is 0.645. The van der Waals surface area contributed by atoms with E-state index in [2.05, 4.69) is 10.3 Å². The third-order valence-electron chi connectivity index (χ3n) is 3.36. The molecule has 2 aromatic heterocycles. The molecule has 0 saturated carbocycles. The van der Waals surface area contributed by atoms with Gasteiger partial charge in [0.05, 0.1) is 0 Å². The fourth-order valence-electron chi connectivity index (χ4n) is 2.30. The van der Waals surface area contributed by atoms with Crippen molar-refractivity contribution in [3.63, 3.8) is 0 Å². The predicted molar refractivity (Wildman–Crippen MR) is 85.8 cm³/mol. The Labute approximate surface area is 127 Å². The quantitative estimate of drug-likeness (QED) is 0.806. The number of hydrogen-bond donors (Lipinski definition) is 1. The molecule has 0 saturated heterocycles. The lowest BCUT2D eigenvalue weighted by atomic mass is 10.2. The van der Waals surface area contributed by atoms with Gasteiger partial charge in [0.15, 0.2) is 0 Å². The van der Waals surface area contributed by atoms with E-state index in [1.807, 2.05) is 43.3 Å². The third-order valence-corrected chi connectivity index (χ3v) is 3.36. The first-order valence-electron chi connectivity index (χ1n) is 6.95. The summed E-state index contributed by atoms with van der Waals surface area (Å²) in [4.78, 5) is 28.6. The van der Waals surface area contributed by atoms with Crippen molar-refractivity contribution in [2.45, 2.75) is 13.5 Å². The van der Waals surface area contributed by atoms with Crippen molar-refractivity contribution in [3.05, 3.63) is 70.8 Å². The molecule has 0 aliphatic rings. The topological polar surface area (TPSA) is 64.0 Å². The van der Waals surface area contributed by atoms with Gasteiger partial charge >= 0.3 is 0 Å². The smallest absolute Gasteiger partial charge is 0.258 e. The highest BCUT2D eigenvalue weighted by Crippen LogP contribution is 2.08. The standard InChI is InChI=1S/C17H15N3O2/c1-12-5-4-8-15(18-12)19-16(21)11-20-10-9-13-6-2-3-7-14(13)17(20)22/h2-10H,11H2,1H3,(H,18,19,21). The van der Waals surface area contributed by atoms with E-state index in [0.717, 1.165) is 11.1 Å². The maximum atomic E-state index is 12.3. The fourth-order valence-corrected chi connectivity index (χ4v) is 2.30. The van der Waals surface area contributed by atoms with Crippen LogP contribution in [0.2, 0.25) is 0 Å². The number of carbonyl (C=O) groups is 1. The molecule has 110 valence electrons. The molecule has 0 spiro atoms. The van der Waals surface area contributed by atoms with Crippen LogP contribution in [0.15, 0.2) is 59.5 Å². The summed E-state index contributed by atoms with van der Waals surface area (Å²) in [6.45, 7) is 1.81. The van der Waals surface area contributed by atoms with Gasteiger partial charge in [-0.25, -0.2) is 4.98 Å². The highest BCUT2D eigenvalue weighted by Gasteiger charge is 2.08. The molecule has 0 unspecified atom stereocenters. The number of rotatable bonds is 3. The Balaban J connectivity index is 1.82. The van der Waals surface area contributed by atoms with Crippen molar-refractivity contribution in [2.24, 2.45) is 0 Å². The first-order valence-corrected chi connectivity index (χ1v) is 6.95. The molecule has 1 N–H and O–H groups in total. The van der Waals surface area contributed by atoms with Crippen LogP contribution in [0.1, 0.15) is 5.69 Å². The Morgan fingerprint density at radius 2 is 1.95 bits per heavy atom. The average molecular weight is 293 g/mol. The number of aromatic nitrogens is 2. The second-order valence-corrected chi connectivity index (χ2v) is 5.05. The molecule has 1 amide bonds. The molecule has 0 radical (unpaired) electrons. The minimum atomic E-state index is -0.282. The SMILES string of the molecule is Cc1cccc(NC(=O)Cn2ccc3ccccc3c2=O)n1. The molecular formula is C17H15N3O2. The predicted octanol–water partition coefficient (Wildman–Crippen LogP) is 2.34. The van der Waals surface area contributed by atoms with E-state index in [1.54, 1.807) is 18.3 Å². The van der Waals surface area contributed by atoms with Gasteiger partial charge in [-0.1, -0.05) is 24.3 Å². The Kier molecular flexibility index (Phi) is 3.70. The van der Waals surface area contributed by atoms with E-state index in [-0.39, 0.29) is 18.0 Å². The highest BCUT2D eigenvalue weighted by atomic mass is 16.2. The largest absolute Gasteiger partial charge is 0.309 e. The van der Waals surface area contributed by atoms with E-state index in [1.165, 1.54) is 4.57 Å². The van der Waals surface area contributed by atoms with Crippen LogP contribution in [0.25, 0.3) is 10.8 Å². The van der Waals surface area contributed by atoms with Gasteiger partial charge < -0.3 is 9.88 Å². The van der Waals surface area contributed by atoms with Crippen LogP contribution in [0, 0.1) is 6.92 Å². The maximum absolute atomic E-state index is 12.3. The Morgan fingerprint density at radius 1 is 1.14 bits per heavy atom. The van der Waals surface area contributed by atoms with Crippen LogP contribution in [-0.4, -0.2) is 15.5 Å². The molecule has 0 aliphatic heterocycles. The number of fused-ring (bicyclic) bond motifs is 1. The molecule has 5 nitrogen and oxygen atoms in total. The molecule has 3 aromatic rings. The molecule has 0 fully saturated rings. The van der Waals surface area contributed by atoms with Gasteiger partial charge in [-0.15, -0.1) is 0 Å². The number of nitrogens with one attached hydrogen (secondary N) is 1. The molecule has 3 rings (SSSR count). The summed E-state index contributed by atoms with van der Waals surface area (Å²) in [5.74, 6) is 0.203. The molecule has 0 aliphatic carbocycles. The average Bonchev–Trinajstić information content (AvgIpc) is 2.50. The highest BCUT2D eigenvalue weighted by molar-refractivity contribution is 5.90. The maximum Gasteiger partial charge on any atom is 0.258 e. The zero-order chi connectivity index (χ0) is 15.5. The first-order chi connectivity index (χ1) is 10.6. The van der Waals surface area contributed by atoms with Crippen LogP contribution in [0.5, 0.6) is 0 Å². The number of aryl methyl sites for hydroxylation is 1. The van der Waals surface area contributed by atoms with Crippen molar-refractivity contribution < 1.29 is 4.79 Å². The molecule has 0 bridgehead atoms. The van der Waals surface area contributed by atoms with Crippen LogP contribution in [0.4, 0.5) is 5.82 Å². The van der Waals surface area contributed by atoms with Gasteiger partial charge in [0, 0.05) is 17.3 Å². The lowest BCUT2D eigenvalue weighted by Crippen LogP contribution is -2.27. The van der Waals surface area contributed by atoms with E-state index in [4.69, 9.17) is 0 Å². The molecular weight excluding hydrogens is 278 g/mol. The molecule has 22 heavy (non-hydrogen) atoms. The van der Waals surface area contributed by atoms with Crippen molar-refractivity contribution >= 4 is 22.5 Å². The monoisotopic (exact) mass is 293 g/mol. The van der Waals surface area contributed by atoms with Crippen molar-refractivity contribution in [1.29, 1.82) is 0 Å². The number of amides is 1. The summed E-state index contributed by atoms with van der Waals surface area (Å²) in [7, 11) is 0. The number of benzene rings is 1. The van der Waals surface area contributed by atoms with Crippen LogP contribution in [-0.2, 0) is 11.3 Å². The van der Waals surface area contributed by atoms with Crippen LogP contribution < -0.4 is 10.9 Å². The molecule has 0 atom stereocenters. The second-order valence-electron chi connectivity index (χ2n) is 5.05. The summed E-state index contributed by atoms with van der Waals surface area (Å²) in [5, 5.41) is 4.17. The van der Waals surface area contributed by atoms with Crippen molar-refractivity contribution in [3.8, 4) is 0 Å². The normalized spacial score (nSPS) is 10.6. The zero-order valence-electron chi connectivity index (χ0n) is 12.1. The van der Waals surface area contributed by atoms with E-state index in [0.29, 0.717) is 11.2 Å². The van der Waals surface area contributed by atoms with Crippen molar-refractivity contribution in [1.82, 2.24) is 9.55 Å². The number of anilines is 1. The minimum Gasteiger partial charge on any atom is -0.309 e. The second kappa shape index (κ2) is 5.81. The Morgan fingerprint density at radius 3 is 2.77 bits per heavy atom. The first kappa shape index (κ1) is 14.0. The molecule has 2 heterocycles. The van der Waals surface area contributed by atoms with Gasteiger partial charge in [-0.05, 0) is 36.6 Å². The number of hydrogen-bond acceptors (Lipinski definition) is 3. The Bertz CT molecular complexity index is 900. The summed E-state index contributed by atoms with van der Waals surface area (Å²) in [6.07, 6.45) is 1.63. The lowest BCUT2D eigenvalue weighted by Gasteiger charge is -2.08. The molecule has 5 heteroatoms. The summed E-state index contributed by atoms with van der Waals surface area (Å²) < 4.78 is 1.40. The van der Waals surface area contributed by atoms with Crippen LogP contribution >= 0.6 is 0 Å².